The smallest absolute Gasteiger partial charge is 0.190 e. The summed E-state index contributed by atoms with van der Waals surface area (Å²) in [7, 11) is 0. The summed E-state index contributed by atoms with van der Waals surface area (Å²) in [6.45, 7) is 0. The Morgan fingerprint density at radius 2 is 1.89 bits per heavy atom. The largest absolute Gasteiger partial charge is 0.315 e. The topological polar surface area (TPSA) is 34.4 Å². The number of hydrogen-bond donors (Lipinski definition) is 0. The van der Waals surface area contributed by atoms with Gasteiger partial charge in [0.1, 0.15) is 0 Å². The van der Waals surface area contributed by atoms with Crippen molar-refractivity contribution in [3.8, 4) is 0 Å². The van der Waals surface area contributed by atoms with E-state index < -0.39 is 0 Å². The Kier molecular flexibility index (Phi) is 1.76. The fourth-order valence-electron chi connectivity index (χ4n) is 2.53. The third-order valence-corrected chi connectivity index (χ3v) is 3.54. The number of halogens is 1. The highest BCUT2D eigenvalue weighted by atomic mass is 35.5. The van der Waals surface area contributed by atoms with Gasteiger partial charge < -0.3 is 4.40 Å². The molecule has 3 nitrogen and oxygen atoms in total. The lowest BCUT2D eigenvalue weighted by molar-refractivity contribution is 1.24. The molecule has 0 N–H and O–H groups in total. The number of nitrogens with zero attached hydrogens (tertiary/aromatic N) is 2. The molecule has 4 heteroatoms. The first kappa shape index (κ1) is 9.85. The van der Waals surface area contributed by atoms with Crippen molar-refractivity contribution in [1.29, 1.82) is 0 Å². The average molecular weight is 255 g/mol. The van der Waals surface area contributed by atoms with Crippen LogP contribution in [-0.4, -0.2) is 9.38 Å². The highest BCUT2D eigenvalue weighted by Gasteiger charge is 2.12. The van der Waals surface area contributed by atoms with E-state index in [1.165, 1.54) is 0 Å². The molecule has 0 bridgehead atoms. The second-order valence-corrected chi connectivity index (χ2v) is 4.73. The Labute approximate surface area is 107 Å². The Balaban J connectivity index is 2.48. The predicted molar refractivity (Wildman–Crippen MR) is 72.7 cm³/mol. The van der Waals surface area contributed by atoms with Crippen LogP contribution in [0, 0.1) is 0 Å². The first-order valence-corrected chi connectivity index (χ1v) is 5.93. The average Bonchev–Trinajstić information content (AvgIpc) is 2.69. The van der Waals surface area contributed by atoms with Crippen molar-refractivity contribution in [3.63, 3.8) is 0 Å². The molecule has 0 radical (unpaired) electrons. The quantitative estimate of drug-likeness (QED) is 0.483. The van der Waals surface area contributed by atoms with Crippen LogP contribution in [0.15, 0.2) is 47.7 Å². The van der Waals surface area contributed by atoms with Gasteiger partial charge in [0.2, 0.25) is 0 Å². The molecule has 0 spiro atoms. The summed E-state index contributed by atoms with van der Waals surface area (Å²) in [6, 6.07) is 7.29. The summed E-state index contributed by atoms with van der Waals surface area (Å²) in [5, 5.41) is 3.30. The van der Waals surface area contributed by atoms with E-state index in [9.17, 15) is 4.79 Å². The van der Waals surface area contributed by atoms with Gasteiger partial charge in [-0.25, -0.2) is 0 Å². The van der Waals surface area contributed by atoms with Gasteiger partial charge in [-0.3, -0.25) is 9.78 Å². The Hall–Kier alpha value is -2.13. The van der Waals surface area contributed by atoms with E-state index in [2.05, 4.69) is 4.98 Å². The zero-order chi connectivity index (χ0) is 12.3. The van der Waals surface area contributed by atoms with E-state index in [1.807, 2.05) is 22.6 Å². The minimum absolute atomic E-state index is 0.00509. The van der Waals surface area contributed by atoms with Crippen LogP contribution in [0.4, 0.5) is 0 Å². The van der Waals surface area contributed by atoms with Crippen molar-refractivity contribution < 1.29 is 0 Å². The second kappa shape index (κ2) is 3.21. The van der Waals surface area contributed by atoms with Crippen LogP contribution in [-0.2, 0) is 0 Å². The lowest BCUT2D eigenvalue weighted by Crippen LogP contribution is -2.02. The molecule has 0 amide bonds. The van der Waals surface area contributed by atoms with Crippen molar-refractivity contribution in [1.82, 2.24) is 9.38 Å². The molecule has 4 aromatic rings. The van der Waals surface area contributed by atoms with Crippen LogP contribution < -0.4 is 5.43 Å². The molecule has 18 heavy (non-hydrogen) atoms. The first-order valence-electron chi connectivity index (χ1n) is 5.55. The normalized spacial score (nSPS) is 11.8. The Bertz CT molecular complexity index is 958. The molecule has 86 valence electrons. The molecule has 0 aliphatic heterocycles. The number of aromatic nitrogens is 2. The van der Waals surface area contributed by atoms with Gasteiger partial charge in [0.05, 0.1) is 16.4 Å². The number of pyridine rings is 2. The monoisotopic (exact) mass is 254 g/mol. The standard InChI is InChI=1S/C14H7ClN2O/c15-8-1-2-12-9(5-8)10-6-16-7-11-13(18)3-4-17(12)14(10)11/h1-7H. The van der Waals surface area contributed by atoms with Gasteiger partial charge in [-0.05, 0) is 18.2 Å². The molecule has 0 unspecified atom stereocenters. The second-order valence-electron chi connectivity index (χ2n) is 4.29. The van der Waals surface area contributed by atoms with Crippen LogP contribution in [0.25, 0.3) is 27.2 Å². The lowest BCUT2D eigenvalue weighted by atomic mass is 10.2. The van der Waals surface area contributed by atoms with Crippen LogP contribution in [0.5, 0.6) is 0 Å². The number of rotatable bonds is 0. The maximum absolute atomic E-state index is 11.8. The van der Waals surface area contributed by atoms with E-state index in [0.29, 0.717) is 10.4 Å². The zero-order valence-corrected chi connectivity index (χ0v) is 9.98. The van der Waals surface area contributed by atoms with Crippen LogP contribution in [0.1, 0.15) is 0 Å². The maximum Gasteiger partial charge on any atom is 0.190 e. The first-order chi connectivity index (χ1) is 8.75. The number of hydrogen-bond acceptors (Lipinski definition) is 2. The molecule has 0 aliphatic rings. The number of benzene rings is 1. The minimum atomic E-state index is -0.00509. The van der Waals surface area contributed by atoms with Crippen molar-refractivity contribution >= 4 is 38.8 Å². The van der Waals surface area contributed by atoms with Gasteiger partial charge in [-0.2, -0.15) is 0 Å². The zero-order valence-electron chi connectivity index (χ0n) is 9.22. The van der Waals surface area contributed by atoms with E-state index in [4.69, 9.17) is 11.6 Å². The van der Waals surface area contributed by atoms with Crippen molar-refractivity contribution in [2.75, 3.05) is 0 Å². The van der Waals surface area contributed by atoms with Crippen LogP contribution >= 0.6 is 11.6 Å². The van der Waals surface area contributed by atoms with Crippen molar-refractivity contribution in [2.45, 2.75) is 0 Å². The molecule has 1 aromatic carbocycles. The highest BCUT2D eigenvalue weighted by Crippen LogP contribution is 2.31. The molecule has 4 rings (SSSR count). The highest BCUT2D eigenvalue weighted by molar-refractivity contribution is 6.32. The molecular weight excluding hydrogens is 248 g/mol. The summed E-state index contributed by atoms with van der Waals surface area (Å²) < 4.78 is 2.01. The van der Waals surface area contributed by atoms with E-state index in [-0.39, 0.29) is 5.43 Å². The molecule has 3 heterocycles. The molecule has 0 saturated carbocycles. The van der Waals surface area contributed by atoms with Gasteiger partial charge in [0.25, 0.3) is 0 Å². The summed E-state index contributed by atoms with van der Waals surface area (Å²) >= 11 is 6.04. The van der Waals surface area contributed by atoms with E-state index in [0.717, 1.165) is 21.8 Å². The Morgan fingerprint density at radius 1 is 1.06 bits per heavy atom. The van der Waals surface area contributed by atoms with Gasteiger partial charge in [-0.15, -0.1) is 0 Å². The molecule has 0 saturated heterocycles. The molecule has 0 fully saturated rings. The minimum Gasteiger partial charge on any atom is -0.315 e. The summed E-state index contributed by atoms with van der Waals surface area (Å²) in [6.07, 6.45) is 5.19. The lowest BCUT2D eigenvalue weighted by Gasteiger charge is -1.98. The van der Waals surface area contributed by atoms with Gasteiger partial charge in [0, 0.05) is 40.5 Å². The maximum atomic E-state index is 11.8. The fraction of sp³-hybridized carbons (Fsp3) is 0. The predicted octanol–water partition coefficient (Wildman–Crippen LogP) is 3.09. The van der Waals surface area contributed by atoms with Crippen molar-refractivity contribution in [2.24, 2.45) is 0 Å². The van der Waals surface area contributed by atoms with Crippen LogP contribution in [0.2, 0.25) is 5.02 Å². The van der Waals surface area contributed by atoms with Gasteiger partial charge >= 0.3 is 0 Å². The third kappa shape index (κ3) is 1.09. The van der Waals surface area contributed by atoms with Gasteiger partial charge in [-0.1, -0.05) is 11.6 Å². The van der Waals surface area contributed by atoms with Crippen LogP contribution in [0.3, 0.4) is 0 Å². The van der Waals surface area contributed by atoms with E-state index in [1.54, 1.807) is 24.7 Å². The summed E-state index contributed by atoms with van der Waals surface area (Å²) in [4.78, 5) is 16.0. The molecule has 3 aromatic heterocycles. The fourth-order valence-corrected chi connectivity index (χ4v) is 2.70. The molecular formula is C14H7ClN2O. The molecule has 0 atom stereocenters. The number of fused-ring (bicyclic) bond motifs is 3. The Morgan fingerprint density at radius 3 is 2.78 bits per heavy atom. The summed E-state index contributed by atoms with van der Waals surface area (Å²) in [5.41, 5.74) is 1.94. The van der Waals surface area contributed by atoms with E-state index >= 15 is 0 Å². The summed E-state index contributed by atoms with van der Waals surface area (Å²) in [5.74, 6) is 0. The SMILES string of the molecule is O=c1ccn2c3ccc(Cl)cc3c3cncc1c32. The van der Waals surface area contributed by atoms with Gasteiger partial charge in [0.15, 0.2) is 5.43 Å². The third-order valence-electron chi connectivity index (χ3n) is 3.31. The van der Waals surface area contributed by atoms with Crippen molar-refractivity contribution in [3.05, 3.63) is 58.1 Å². The molecule has 0 aliphatic carbocycles.